The SMILES string of the molecule is CCc1nccn1Cc1cc(CC(C)N)ccc1OC. The van der Waals surface area contributed by atoms with Crippen molar-refractivity contribution < 1.29 is 4.74 Å². The van der Waals surface area contributed by atoms with Gasteiger partial charge in [0, 0.05) is 30.4 Å². The minimum absolute atomic E-state index is 0.163. The minimum Gasteiger partial charge on any atom is -0.496 e. The van der Waals surface area contributed by atoms with E-state index in [0.717, 1.165) is 31.0 Å². The molecule has 0 aliphatic rings. The normalized spacial score (nSPS) is 12.4. The maximum Gasteiger partial charge on any atom is 0.123 e. The van der Waals surface area contributed by atoms with Crippen molar-refractivity contribution >= 4 is 0 Å². The van der Waals surface area contributed by atoms with Crippen LogP contribution in [0.3, 0.4) is 0 Å². The van der Waals surface area contributed by atoms with Crippen molar-refractivity contribution in [2.45, 2.75) is 39.3 Å². The van der Waals surface area contributed by atoms with Crippen molar-refractivity contribution in [3.63, 3.8) is 0 Å². The zero-order valence-electron chi connectivity index (χ0n) is 12.5. The van der Waals surface area contributed by atoms with Gasteiger partial charge in [0.15, 0.2) is 0 Å². The molecule has 0 spiro atoms. The Labute approximate surface area is 120 Å². The molecule has 0 radical (unpaired) electrons. The van der Waals surface area contributed by atoms with Crippen molar-refractivity contribution in [2.24, 2.45) is 5.73 Å². The highest BCUT2D eigenvalue weighted by Gasteiger charge is 2.08. The van der Waals surface area contributed by atoms with Crippen LogP contribution in [0, 0.1) is 0 Å². The number of hydrogen-bond acceptors (Lipinski definition) is 3. The molecule has 1 heterocycles. The van der Waals surface area contributed by atoms with Gasteiger partial charge in [-0.1, -0.05) is 19.1 Å². The van der Waals surface area contributed by atoms with Crippen LogP contribution in [0.5, 0.6) is 5.75 Å². The van der Waals surface area contributed by atoms with Crippen LogP contribution in [0.15, 0.2) is 30.6 Å². The first-order chi connectivity index (χ1) is 9.63. The molecule has 2 rings (SSSR count). The third kappa shape index (κ3) is 3.39. The molecule has 0 aliphatic carbocycles. The van der Waals surface area contributed by atoms with Gasteiger partial charge in [-0.3, -0.25) is 0 Å². The number of aromatic nitrogens is 2. The van der Waals surface area contributed by atoms with Crippen molar-refractivity contribution in [1.29, 1.82) is 0 Å². The third-order valence-electron chi connectivity index (χ3n) is 3.36. The van der Waals surface area contributed by atoms with Crippen LogP contribution in [-0.4, -0.2) is 22.7 Å². The fraction of sp³-hybridized carbons (Fsp3) is 0.438. The van der Waals surface area contributed by atoms with Crippen LogP contribution in [0.1, 0.15) is 30.8 Å². The summed E-state index contributed by atoms with van der Waals surface area (Å²) in [5.41, 5.74) is 8.29. The number of imidazole rings is 1. The Balaban J connectivity index is 2.28. The highest BCUT2D eigenvalue weighted by molar-refractivity contribution is 5.38. The third-order valence-corrected chi connectivity index (χ3v) is 3.36. The van der Waals surface area contributed by atoms with E-state index >= 15 is 0 Å². The molecular weight excluding hydrogens is 250 g/mol. The van der Waals surface area contributed by atoms with E-state index in [1.54, 1.807) is 7.11 Å². The summed E-state index contributed by atoms with van der Waals surface area (Å²) in [4.78, 5) is 4.36. The van der Waals surface area contributed by atoms with Crippen molar-refractivity contribution in [2.75, 3.05) is 7.11 Å². The highest BCUT2D eigenvalue weighted by Crippen LogP contribution is 2.22. The fourth-order valence-corrected chi connectivity index (χ4v) is 2.44. The molecular formula is C16H23N3O. The predicted molar refractivity (Wildman–Crippen MR) is 81.1 cm³/mol. The summed E-state index contributed by atoms with van der Waals surface area (Å²) in [6, 6.07) is 6.45. The number of ether oxygens (including phenoxy) is 1. The summed E-state index contributed by atoms with van der Waals surface area (Å²) in [6.45, 7) is 4.91. The van der Waals surface area contributed by atoms with Crippen LogP contribution in [-0.2, 0) is 19.4 Å². The second kappa shape index (κ2) is 6.57. The Kier molecular flexibility index (Phi) is 4.79. The minimum atomic E-state index is 0.163. The molecule has 0 saturated heterocycles. The molecule has 1 atom stereocenters. The molecule has 0 amide bonds. The smallest absolute Gasteiger partial charge is 0.123 e. The van der Waals surface area contributed by atoms with E-state index in [1.165, 1.54) is 11.1 Å². The van der Waals surface area contributed by atoms with Gasteiger partial charge in [0.1, 0.15) is 11.6 Å². The van der Waals surface area contributed by atoms with Crippen molar-refractivity contribution in [1.82, 2.24) is 9.55 Å². The lowest BCUT2D eigenvalue weighted by molar-refractivity contribution is 0.408. The monoisotopic (exact) mass is 273 g/mol. The maximum atomic E-state index is 5.88. The standard InChI is InChI=1S/C16H23N3O/c1-4-16-18-7-8-19(16)11-14-10-13(9-12(2)17)5-6-15(14)20-3/h5-8,10,12H,4,9,11,17H2,1-3H3. The zero-order valence-corrected chi connectivity index (χ0v) is 12.5. The van der Waals surface area contributed by atoms with E-state index in [4.69, 9.17) is 10.5 Å². The van der Waals surface area contributed by atoms with Crippen LogP contribution in [0.25, 0.3) is 0 Å². The van der Waals surface area contributed by atoms with Crippen molar-refractivity contribution in [3.05, 3.63) is 47.5 Å². The Hall–Kier alpha value is -1.81. The Morgan fingerprint density at radius 1 is 1.40 bits per heavy atom. The summed E-state index contributed by atoms with van der Waals surface area (Å²) in [7, 11) is 1.71. The maximum absolute atomic E-state index is 5.88. The van der Waals surface area contributed by atoms with Crippen LogP contribution in [0.4, 0.5) is 0 Å². The lowest BCUT2D eigenvalue weighted by Gasteiger charge is -2.14. The fourth-order valence-electron chi connectivity index (χ4n) is 2.44. The molecule has 0 aliphatic heterocycles. The first kappa shape index (κ1) is 14.6. The van der Waals surface area contributed by atoms with Gasteiger partial charge >= 0.3 is 0 Å². The number of benzene rings is 1. The van der Waals surface area contributed by atoms with Gasteiger partial charge in [-0.05, 0) is 25.0 Å². The number of methoxy groups -OCH3 is 1. The lowest BCUT2D eigenvalue weighted by Crippen LogP contribution is -2.18. The second-order valence-corrected chi connectivity index (χ2v) is 5.15. The largest absolute Gasteiger partial charge is 0.496 e. The second-order valence-electron chi connectivity index (χ2n) is 5.15. The highest BCUT2D eigenvalue weighted by atomic mass is 16.5. The van der Waals surface area contributed by atoms with E-state index < -0.39 is 0 Å². The number of aryl methyl sites for hydroxylation is 1. The molecule has 1 aromatic carbocycles. The first-order valence-electron chi connectivity index (χ1n) is 7.05. The summed E-state index contributed by atoms with van der Waals surface area (Å²) in [5.74, 6) is 2.00. The average molecular weight is 273 g/mol. The number of hydrogen-bond donors (Lipinski definition) is 1. The molecule has 0 bridgehead atoms. The van der Waals surface area contributed by atoms with Crippen LogP contribution >= 0.6 is 0 Å². The van der Waals surface area contributed by atoms with Crippen LogP contribution in [0.2, 0.25) is 0 Å². The number of rotatable bonds is 6. The number of nitrogens with zero attached hydrogens (tertiary/aromatic N) is 2. The molecule has 108 valence electrons. The summed E-state index contributed by atoms with van der Waals surface area (Å²) >= 11 is 0. The predicted octanol–water partition coefficient (Wildman–Crippen LogP) is 2.39. The van der Waals surface area contributed by atoms with Crippen molar-refractivity contribution in [3.8, 4) is 5.75 Å². The Morgan fingerprint density at radius 2 is 2.20 bits per heavy atom. The van der Waals surface area contributed by atoms with Gasteiger partial charge in [-0.25, -0.2) is 4.98 Å². The lowest BCUT2D eigenvalue weighted by atomic mass is 10.0. The molecule has 4 heteroatoms. The van der Waals surface area contributed by atoms with E-state index in [2.05, 4.69) is 28.6 Å². The Bertz CT molecular complexity index is 561. The molecule has 20 heavy (non-hydrogen) atoms. The average Bonchev–Trinajstić information content (AvgIpc) is 2.85. The molecule has 2 N–H and O–H groups in total. The van der Waals surface area contributed by atoms with E-state index in [9.17, 15) is 0 Å². The summed E-state index contributed by atoms with van der Waals surface area (Å²) < 4.78 is 7.62. The molecule has 1 unspecified atom stereocenters. The topological polar surface area (TPSA) is 53.1 Å². The van der Waals surface area contributed by atoms with E-state index in [-0.39, 0.29) is 6.04 Å². The van der Waals surface area contributed by atoms with Crippen LogP contribution < -0.4 is 10.5 Å². The first-order valence-corrected chi connectivity index (χ1v) is 7.05. The quantitative estimate of drug-likeness (QED) is 0.879. The van der Waals surface area contributed by atoms with Gasteiger partial charge in [-0.2, -0.15) is 0 Å². The molecule has 0 fully saturated rings. The van der Waals surface area contributed by atoms with Gasteiger partial charge in [0.05, 0.1) is 13.7 Å². The molecule has 4 nitrogen and oxygen atoms in total. The van der Waals surface area contributed by atoms with E-state index in [1.807, 2.05) is 25.4 Å². The van der Waals surface area contributed by atoms with E-state index in [0.29, 0.717) is 0 Å². The van der Waals surface area contributed by atoms with Gasteiger partial charge in [-0.15, -0.1) is 0 Å². The molecule has 1 aromatic heterocycles. The summed E-state index contributed by atoms with van der Waals surface area (Å²) in [5, 5.41) is 0. The van der Waals surface area contributed by atoms with Gasteiger partial charge < -0.3 is 15.0 Å². The van der Waals surface area contributed by atoms with Gasteiger partial charge in [0.25, 0.3) is 0 Å². The number of nitrogens with two attached hydrogens (primary N) is 1. The summed E-state index contributed by atoms with van der Waals surface area (Å²) in [6.07, 6.45) is 5.66. The molecule has 0 saturated carbocycles. The zero-order chi connectivity index (χ0) is 14.5. The Morgan fingerprint density at radius 3 is 2.85 bits per heavy atom. The molecule has 2 aromatic rings. The van der Waals surface area contributed by atoms with Gasteiger partial charge in [0.2, 0.25) is 0 Å².